The minimum atomic E-state index is -0.379. The smallest absolute Gasteiger partial charge is 0.315 e. The van der Waals surface area contributed by atoms with Gasteiger partial charge in [-0.15, -0.1) is 0 Å². The van der Waals surface area contributed by atoms with E-state index in [0.717, 1.165) is 5.56 Å². The average molecular weight is 240 g/mol. The summed E-state index contributed by atoms with van der Waals surface area (Å²) < 4.78 is 5.17. The van der Waals surface area contributed by atoms with Crippen LogP contribution in [0.15, 0.2) is 54.6 Å². The first-order valence-electron chi connectivity index (χ1n) is 5.58. The lowest BCUT2D eigenvalue weighted by Gasteiger charge is -2.06. The third kappa shape index (κ3) is 3.04. The minimum absolute atomic E-state index is 0.189. The number of hydrogen-bond donors (Lipinski definition) is 0. The summed E-state index contributed by atoms with van der Waals surface area (Å²) >= 11 is 0. The highest BCUT2D eigenvalue weighted by Gasteiger charge is 2.09. The molecule has 90 valence electrons. The molecule has 0 saturated heterocycles. The van der Waals surface area contributed by atoms with Crippen LogP contribution in [0.5, 0.6) is 5.75 Å². The van der Waals surface area contributed by atoms with E-state index in [0.29, 0.717) is 17.6 Å². The van der Waals surface area contributed by atoms with Gasteiger partial charge in [0, 0.05) is 0 Å². The lowest BCUT2D eigenvalue weighted by Crippen LogP contribution is -2.12. The molecule has 0 saturated carbocycles. The zero-order chi connectivity index (χ0) is 12.8. The molecule has 0 aromatic heterocycles. The van der Waals surface area contributed by atoms with E-state index < -0.39 is 0 Å². The van der Waals surface area contributed by atoms with Crippen LogP contribution in [0.3, 0.4) is 0 Å². The highest BCUT2D eigenvalue weighted by molar-refractivity contribution is 5.82. The zero-order valence-corrected chi connectivity index (χ0v) is 9.71. The van der Waals surface area contributed by atoms with E-state index in [4.69, 9.17) is 4.74 Å². The second kappa shape index (κ2) is 5.77. The Hall–Kier alpha value is -2.42. The SMILES string of the molecule is O=Cc1ccccc1OC(=O)Cc1ccccc1. The van der Waals surface area contributed by atoms with Crippen molar-refractivity contribution in [3.63, 3.8) is 0 Å². The first-order valence-corrected chi connectivity index (χ1v) is 5.58. The summed E-state index contributed by atoms with van der Waals surface area (Å²) in [6.45, 7) is 0. The van der Waals surface area contributed by atoms with Crippen molar-refractivity contribution in [2.45, 2.75) is 6.42 Å². The molecule has 3 nitrogen and oxygen atoms in total. The Morgan fingerprint density at radius 1 is 1.00 bits per heavy atom. The molecule has 18 heavy (non-hydrogen) atoms. The quantitative estimate of drug-likeness (QED) is 0.469. The van der Waals surface area contributed by atoms with Crippen LogP contribution in [0, 0.1) is 0 Å². The van der Waals surface area contributed by atoms with E-state index in [1.165, 1.54) is 0 Å². The van der Waals surface area contributed by atoms with Crippen molar-refractivity contribution in [2.75, 3.05) is 0 Å². The first-order chi connectivity index (χ1) is 8.79. The molecule has 0 amide bonds. The van der Waals surface area contributed by atoms with Gasteiger partial charge in [0.2, 0.25) is 0 Å². The van der Waals surface area contributed by atoms with Gasteiger partial charge in [-0.05, 0) is 17.7 Å². The molecule has 2 rings (SSSR count). The number of hydrogen-bond acceptors (Lipinski definition) is 3. The van der Waals surface area contributed by atoms with Gasteiger partial charge >= 0.3 is 5.97 Å². The van der Waals surface area contributed by atoms with E-state index in [2.05, 4.69) is 0 Å². The van der Waals surface area contributed by atoms with Crippen molar-refractivity contribution in [2.24, 2.45) is 0 Å². The Morgan fingerprint density at radius 3 is 2.39 bits per heavy atom. The van der Waals surface area contributed by atoms with Crippen molar-refractivity contribution in [3.8, 4) is 5.75 Å². The van der Waals surface area contributed by atoms with E-state index in [-0.39, 0.29) is 12.4 Å². The molecule has 0 aliphatic rings. The van der Waals surface area contributed by atoms with Crippen LogP contribution in [-0.4, -0.2) is 12.3 Å². The van der Waals surface area contributed by atoms with Crippen molar-refractivity contribution >= 4 is 12.3 Å². The fourth-order valence-electron chi connectivity index (χ4n) is 1.59. The van der Waals surface area contributed by atoms with Crippen LogP contribution in [0.2, 0.25) is 0 Å². The lowest BCUT2D eigenvalue weighted by atomic mass is 10.1. The highest BCUT2D eigenvalue weighted by Crippen LogP contribution is 2.16. The maximum absolute atomic E-state index is 11.7. The van der Waals surface area contributed by atoms with Crippen molar-refractivity contribution < 1.29 is 14.3 Å². The van der Waals surface area contributed by atoms with Crippen LogP contribution in [0.1, 0.15) is 15.9 Å². The number of rotatable bonds is 4. The van der Waals surface area contributed by atoms with E-state index in [1.54, 1.807) is 24.3 Å². The van der Waals surface area contributed by atoms with Gasteiger partial charge in [-0.25, -0.2) is 0 Å². The standard InChI is InChI=1S/C15H12O3/c16-11-13-8-4-5-9-14(13)18-15(17)10-12-6-2-1-3-7-12/h1-9,11H,10H2. The molecule has 0 aliphatic carbocycles. The fraction of sp³-hybridized carbons (Fsp3) is 0.0667. The first kappa shape index (κ1) is 12.0. The maximum atomic E-state index is 11.7. The molecule has 0 fully saturated rings. The van der Waals surface area contributed by atoms with Gasteiger partial charge in [0.1, 0.15) is 5.75 Å². The summed E-state index contributed by atoms with van der Waals surface area (Å²) in [6, 6.07) is 16.0. The second-order valence-electron chi connectivity index (χ2n) is 3.79. The number of para-hydroxylation sites is 1. The summed E-state index contributed by atoms with van der Waals surface area (Å²) in [5, 5.41) is 0. The topological polar surface area (TPSA) is 43.4 Å². The van der Waals surface area contributed by atoms with Crippen LogP contribution < -0.4 is 4.74 Å². The third-order valence-electron chi connectivity index (χ3n) is 2.46. The second-order valence-corrected chi connectivity index (χ2v) is 3.79. The van der Waals surface area contributed by atoms with Crippen LogP contribution in [0.25, 0.3) is 0 Å². The van der Waals surface area contributed by atoms with Gasteiger partial charge < -0.3 is 4.74 Å². The Labute approximate surface area is 105 Å². The summed E-state index contributed by atoms with van der Waals surface area (Å²) in [6.07, 6.45) is 0.860. The summed E-state index contributed by atoms with van der Waals surface area (Å²) in [4.78, 5) is 22.5. The van der Waals surface area contributed by atoms with Gasteiger partial charge in [0.25, 0.3) is 0 Å². The van der Waals surface area contributed by atoms with E-state index in [9.17, 15) is 9.59 Å². The molecular weight excluding hydrogens is 228 g/mol. The molecular formula is C15H12O3. The Balaban J connectivity index is 2.05. The predicted octanol–water partition coefficient (Wildman–Crippen LogP) is 2.65. The predicted molar refractivity (Wildman–Crippen MR) is 67.6 cm³/mol. The van der Waals surface area contributed by atoms with E-state index >= 15 is 0 Å². The Bertz CT molecular complexity index is 547. The van der Waals surface area contributed by atoms with Crippen molar-refractivity contribution in [1.29, 1.82) is 0 Å². The maximum Gasteiger partial charge on any atom is 0.315 e. The normalized spacial score (nSPS) is 9.78. The number of aldehydes is 1. The molecule has 0 aliphatic heterocycles. The highest BCUT2D eigenvalue weighted by atomic mass is 16.5. The molecule has 2 aromatic carbocycles. The summed E-state index contributed by atoms with van der Waals surface area (Å²) in [7, 11) is 0. The number of carbonyl (C=O) groups is 2. The van der Waals surface area contributed by atoms with Crippen molar-refractivity contribution in [1.82, 2.24) is 0 Å². The Morgan fingerprint density at radius 2 is 1.67 bits per heavy atom. The molecule has 2 aromatic rings. The monoisotopic (exact) mass is 240 g/mol. The van der Waals surface area contributed by atoms with E-state index in [1.807, 2.05) is 30.3 Å². The average Bonchev–Trinajstić information content (AvgIpc) is 2.40. The number of carbonyl (C=O) groups excluding carboxylic acids is 2. The number of benzene rings is 2. The molecule has 0 heterocycles. The molecule has 0 N–H and O–H groups in total. The summed E-state index contributed by atoms with van der Waals surface area (Å²) in [5.74, 6) is -0.0797. The van der Waals surface area contributed by atoms with Crippen LogP contribution in [-0.2, 0) is 11.2 Å². The summed E-state index contributed by atoms with van der Waals surface area (Å²) in [5.41, 5.74) is 1.25. The molecule has 0 bridgehead atoms. The third-order valence-corrected chi connectivity index (χ3v) is 2.46. The number of esters is 1. The molecule has 3 heteroatoms. The van der Waals surface area contributed by atoms with Crippen LogP contribution >= 0.6 is 0 Å². The molecule has 0 radical (unpaired) electrons. The van der Waals surface area contributed by atoms with Gasteiger partial charge in [0.15, 0.2) is 6.29 Å². The largest absolute Gasteiger partial charge is 0.426 e. The Kier molecular flexibility index (Phi) is 3.86. The van der Waals surface area contributed by atoms with Crippen molar-refractivity contribution in [3.05, 3.63) is 65.7 Å². The zero-order valence-electron chi connectivity index (χ0n) is 9.71. The van der Waals surface area contributed by atoms with Gasteiger partial charge in [-0.1, -0.05) is 42.5 Å². The van der Waals surface area contributed by atoms with Gasteiger partial charge in [-0.2, -0.15) is 0 Å². The molecule has 0 spiro atoms. The minimum Gasteiger partial charge on any atom is -0.426 e. The number of ether oxygens (including phenoxy) is 1. The molecule has 0 atom stereocenters. The van der Waals surface area contributed by atoms with Gasteiger partial charge in [-0.3, -0.25) is 9.59 Å². The lowest BCUT2D eigenvalue weighted by molar-refractivity contribution is -0.133. The molecule has 0 unspecified atom stereocenters. The van der Waals surface area contributed by atoms with Crippen LogP contribution in [0.4, 0.5) is 0 Å². The fourth-order valence-corrected chi connectivity index (χ4v) is 1.59. The van der Waals surface area contributed by atoms with Gasteiger partial charge in [0.05, 0.1) is 12.0 Å².